The molecule has 3 aromatic rings. The SMILES string of the molecule is CCCCCCCCCCCCn1cc(CO[C@H](CP(=O)(O)OCCCNCc2ccc(-c3ccccc3)cc2)C(=O)O)nn1. The number of carboxylic acids is 1. The molecule has 0 aliphatic rings. The lowest BCUT2D eigenvalue weighted by Crippen LogP contribution is -2.28. The maximum Gasteiger partial charge on any atom is 0.333 e. The standard InChI is InChI=1S/C34H51N4O6P/c1-2-3-4-5-6-7-8-9-10-14-23-38-26-32(36-37-38)27-43-33(34(39)40)28-45(41,42)44-24-15-22-35-25-29-18-20-31(21-19-29)30-16-12-11-13-17-30/h11-13,16-21,26,33,35H,2-10,14-15,22-25,27-28H2,1H3,(H,39,40)(H,41,42)/t33-/m1/s1. The van der Waals surface area contributed by atoms with Crippen molar-refractivity contribution in [2.45, 2.75) is 103 Å². The predicted octanol–water partition coefficient (Wildman–Crippen LogP) is 7.22. The van der Waals surface area contributed by atoms with Crippen LogP contribution in [0.3, 0.4) is 0 Å². The average molecular weight is 643 g/mol. The van der Waals surface area contributed by atoms with Crippen molar-refractivity contribution in [3.05, 3.63) is 72.1 Å². The van der Waals surface area contributed by atoms with Crippen LogP contribution < -0.4 is 5.32 Å². The minimum Gasteiger partial charge on any atom is -0.479 e. The minimum atomic E-state index is -4.17. The normalized spacial score (nSPS) is 13.5. The molecule has 0 amide bonds. The molecule has 10 nitrogen and oxygen atoms in total. The highest BCUT2D eigenvalue weighted by atomic mass is 31.2. The molecule has 2 aromatic carbocycles. The van der Waals surface area contributed by atoms with Gasteiger partial charge in [0.15, 0.2) is 6.10 Å². The Hall–Kier alpha value is -2.88. The molecule has 0 spiro atoms. The van der Waals surface area contributed by atoms with Gasteiger partial charge in [-0.25, -0.2) is 4.79 Å². The molecule has 0 bridgehead atoms. The maximum atomic E-state index is 12.6. The average Bonchev–Trinajstić information content (AvgIpc) is 3.50. The third-order valence-electron chi connectivity index (χ3n) is 7.61. The Morgan fingerprint density at radius 3 is 2.22 bits per heavy atom. The topological polar surface area (TPSA) is 136 Å². The van der Waals surface area contributed by atoms with E-state index in [9.17, 15) is 19.4 Å². The minimum absolute atomic E-state index is 0.0212. The Morgan fingerprint density at radius 1 is 0.911 bits per heavy atom. The van der Waals surface area contributed by atoms with Crippen molar-refractivity contribution in [1.29, 1.82) is 0 Å². The molecule has 3 rings (SSSR count). The van der Waals surface area contributed by atoms with E-state index in [1.807, 2.05) is 18.2 Å². The van der Waals surface area contributed by atoms with Crippen LogP contribution in [-0.4, -0.2) is 56.4 Å². The monoisotopic (exact) mass is 642 g/mol. The molecule has 0 radical (unpaired) electrons. The van der Waals surface area contributed by atoms with Gasteiger partial charge in [0.1, 0.15) is 5.69 Å². The van der Waals surface area contributed by atoms with Crippen molar-refractivity contribution in [3.63, 3.8) is 0 Å². The maximum absolute atomic E-state index is 12.6. The van der Waals surface area contributed by atoms with Crippen molar-refractivity contribution in [1.82, 2.24) is 20.3 Å². The molecular formula is C34H51N4O6P. The Balaban J connectivity index is 1.26. The van der Waals surface area contributed by atoms with E-state index < -0.39 is 25.8 Å². The smallest absolute Gasteiger partial charge is 0.333 e. The van der Waals surface area contributed by atoms with Crippen LogP contribution in [0.2, 0.25) is 0 Å². The van der Waals surface area contributed by atoms with Gasteiger partial charge in [0.2, 0.25) is 0 Å². The van der Waals surface area contributed by atoms with Crippen molar-refractivity contribution in [2.24, 2.45) is 0 Å². The van der Waals surface area contributed by atoms with Crippen LogP contribution in [-0.2, 0) is 38.3 Å². The second kappa shape index (κ2) is 21.0. The number of unbranched alkanes of at least 4 members (excludes halogenated alkanes) is 9. The molecule has 0 aliphatic carbocycles. The van der Waals surface area contributed by atoms with Crippen LogP contribution in [0.25, 0.3) is 11.1 Å². The summed E-state index contributed by atoms with van der Waals surface area (Å²) in [5, 5.41) is 21.0. The fraction of sp³-hybridized carbons (Fsp3) is 0.559. The van der Waals surface area contributed by atoms with E-state index in [0.29, 0.717) is 25.2 Å². The van der Waals surface area contributed by atoms with Crippen LogP contribution >= 0.6 is 7.60 Å². The summed E-state index contributed by atoms with van der Waals surface area (Å²) < 4.78 is 24.9. The van der Waals surface area contributed by atoms with Crippen LogP contribution in [0.1, 0.15) is 88.8 Å². The van der Waals surface area contributed by atoms with E-state index in [-0.39, 0.29) is 13.2 Å². The summed E-state index contributed by atoms with van der Waals surface area (Å²) in [5.74, 6) is -1.33. The highest BCUT2D eigenvalue weighted by Crippen LogP contribution is 2.43. The number of hydrogen-bond acceptors (Lipinski definition) is 7. The number of ether oxygens (including phenoxy) is 1. The Morgan fingerprint density at radius 2 is 1.56 bits per heavy atom. The second-order valence-corrected chi connectivity index (χ2v) is 13.4. The zero-order valence-corrected chi connectivity index (χ0v) is 27.6. The Bertz CT molecular complexity index is 1270. The number of nitrogens with zero attached hydrogens (tertiary/aromatic N) is 3. The van der Waals surface area contributed by atoms with E-state index in [1.165, 1.54) is 56.9 Å². The van der Waals surface area contributed by atoms with Crippen molar-refractivity contribution >= 4 is 13.6 Å². The summed E-state index contributed by atoms with van der Waals surface area (Å²) in [4.78, 5) is 22.0. The zero-order chi connectivity index (χ0) is 32.2. The van der Waals surface area contributed by atoms with Crippen LogP contribution in [0.15, 0.2) is 60.8 Å². The van der Waals surface area contributed by atoms with E-state index >= 15 is 0 Å². The van der Waals surface area contributed by atoms with Gasteiger partial charge < -0.3 is 24.6 Å². The Kier molecular flexibility index (Phi) is 17.1. The van der Waals surface area contributed by atoms with Crippen molar-refractivity contribution < 1.29 is 28.6 Å². The molecule has 3 N–H and O–H groups in total. The fourth-order valence-electron chi connectivity index (χ4n) is 5.01. The first-order chi connectivity index (χ1) is 21.9. The number of benzene rings is 2. The van der Waals surface area contributed by atoms with E-state index in [0.717, 1.165) is 30.5 Å². The van der Waals surface area contributed by atoms with Gasteiger partial charge in [-0.3, -0.25) is 9.25 Å². The number of aryl methyl sites for hydroxylation is 1. The fourth-order valence-corrected chi connectivity index (χ4v) is 6.21. The lowest BCUT2D eigenvalue weighted by Gasteiger charge is -2.17. The molecular weight excluding hydrogens is 591 g/mol. The largest absolute Gasteiger partial charge is 0.479 e. The molecule has 0 aliphatic heterocycles. The molecule has 45 heavy (non-hydrogen) atoms. The highest BCUT2D eigenvalue weighted by molar-refractivity contribution is 7.52. The van der Waals surface area contributed by atoms with Gasteiger partial charge in [0.25, 0.3) is 0 Å². The van der Waals surface area contributed by atoms with Crippen molar-refractivity contribution in [3.8, 4) is 11.1 Å². The number of aromatic nitrogens is 3. The predicted molar refractivity (Wildman–Crippen MR) is 177 cm³/mol. The first kappa shape index (κ1) is 36.6. The molecule has 11 heteroatoms. The van der Waals surface area contributed by atoms with Gasteiger partial charge in [-0.05, 0) is 36.1 Å². The summed E-state index contributed by atoms with van der Waals surface area (Å²) in [6, 6.07) is 18.5. The number of rotatable bonds is 25. The second-order valence-electron chi connectivity index (χ2n) is 11.5. The third kappa shape index (κ3) is 15.3. The number of carboxylic acid groups (broad SMARTS) is 1. The van der Waals surface area contributed by atoms with Crippen LogP contribution in [0.4, 0.5) is 0 Å². The molecule has 0 saturated heterocycles. The summed E-state index contributed by atoms with van der Waals surface area (Å²) in [7, 11) is -4.17. The molecule has 0 fully saturated rings. The summed E-state index contributed by atoms with van der Waals surface area (Å²) >= 11 is 0. The molecule has 0 saturated carbocycles. The summed E-state index contributed by atoms with van der Waals surface area (Å²) in [5.41, 5.74) is 3.92. The molecule has 1 heterocycles. The van der Waals surface area contributed by atoms with Gasteiger partial charge >= 0.3 is 13.6 Å². The first-order valence-electron chi connectivity index (χ1n) is 16.4. The van der Waals surface area contributed by atoms with E-state index in [4.69, 9.17) is 9.26 Å². The van der Waals surface area contributed by atoms with Crippen LogP contribution in [0, 0.1) is 0 Å². The lowest BCUT2D eigenvalue weighted by molar-refractivity contribution is -0.149. The zero-order valence-electron chi connectivity index (χ0n) is 26.7. The van der Waals surface area contributed by atoms with Gasteiger partial charge in [-0.1, -0.05) is 125 Å². The van der Waals surface area contributed by atoms with E-state index in [1.54, 1.807) is 10.9 Å². The summed E-state index contributed by atoms with van der Waals surface area (Å²) in [6.07, 6.45) is 12.6. The lowest BCUT2D eigenvalue weighted by atomic mass is 10.0. The number of carbonyl (C=O) groups is 1. The van der Waals surface area contributed by atoms with Crippen molar-refractivity contribution in [2.75, 3.05) is 19.3 Å². The number of hydrogen-bond donors (Lipinski definition) is 3. The molecule has 1 aromatic heterocycles. The molecule has 1 unspecified atom stereocenters. The highest BCUT2D eigenvalue weighted by Gasteiger charge is 2.31. The van der Waals surface area contributed by atoms with Gasteiger partial charge in [0, 0.05) is 13.1 Å². The molecule has 2 atom stereocenters. The van der Waals surface area contributed by atoms with Gasteiger partial charge in [-0.2, -0.15) is 0 Å². The van der Waals surface area contributed by atoms with Crippen LogP contribution in [0.5, 0.6) is 0 Å². The van der Waals surface area contributed by atoms with E-state index in [2.05, 4.69) is 59.0 Å². The molecule has 248 valence electrons. The number of nitrogens with one attached hydrogen (secondary N) is 1. The third-order valence-corrected chi connectivity index (χ3v) is 8.99. The Labute approximate surface area is 268 Å². The number of aliphatic carboxylic acids is 1. The van der Waals surface area contributed by atoms with Gasteiger partial charge in [-0.15, -0.1) is 5.10 Å². The first-order valence-corrected chi connectivity index (χ1v) is 18.2. The van der Waals surface area contributed by atoms with Gasteiger partial charge in [0.05, 0.1) is 25.6 Å². The quantitative estimate of drug-likeness (QED) is 0.0647. The summed E-state index contributed by atoms with van der Waals surface area (Å²) in [6.45, 7) is 4.11.